The van der Waals surface area contributed by atoms with E-state index in [1.165, 1.54) is 0 Å². The van der Waals surface area contributed by atoms with Gasteiger partial charge in [-0.25, -0.2) is 0 Å². The van der Waals surface area contributed by atoms with Crippen molar-refractivity contribution in [2.75, 3.05) is 6.54 Å². The fraction of sp³-hybridized carbons (Fsp3) is 0.579. The topological polar surface area (TPSA) is 83.6 Å². The number of carbonyl (C=O) groups is 2. The predicted octanol–water partition coefficient (Wildman–Crippen LogP) is 2.33. The van der Waals surface area contributed by atoms with Crippen LogP contribution in [-0.4, -0.2) is 40.5 Å². The minimum absolute atomic E-state index is 0.00602. The lowest BCUT2D eigenvalue weighted by Gasteiger charge is -2.43. The average Bonchev–Trinajstić information content (AvgIpc) is 2.62. The molecule has 24 heavy (non-hydrogen) atoms. The van der Waals surface area contributed by atoms with Crippen LogP contribution in [-0.2, 0) is 0 Å². The Bertz CT molecular complexity index is 599. The van der Waals surface area contributed by atoms with Crippen LogP contribution in [0.1, 0.15) is 65.7 Å². The second-order valence-corrected chi connectivity index (χ2v) is 7.02. The first-order chi connectivity index (χ1) is 11.6. The number of benzene rings is 1. The number of hydrogen-bond donors (Lipinski definition) is 2. The normalized spacial score (nSPS) is 27.7. The van der Waals surface area contributed by atoms with E-state index in [1.807, 2.05) is 4.90 Å². The molecular weight excluding hydrogens is 304 g/mol. The molecule has 1 aliphatic heterocycles. The molecule has 3 rings (SSSR count). The first-order valence-electron chi connectivity index (χ1n) is 8.97. The van der Waals surface area contributed by atoms with Crippen molar-refractivity contribution in [2.24, 2.45) is 11.7 Å². The molecule has 0 aromatic heterocycles. The Hall–Kier alpha value is -1.88. The zero-order valence-corrected chi connectivity index (χ0v) is 14.0. The number of piperidine rings is 1. The Kier molecular flexibility index (Phi) is 5.19. The van der Waals surface area contributed by atoms with Gasteiger partial charge in [-0.15, -0.1) is 0 Å². The van der Waals surface area contributed by atoms with E-state index in [4.69, 9.17) is 5.73 Å². The number of hydrogen-bond acceptors (Lipinski definition) is 3. The van der Waals surface area contributed by atoms with Crippen LogP contribution in [0, 0.1) is 5.92 Å². The van der Waals surface area contributed by atoms with Crippen LogP contribution in [0.15, 0.2) is 24.3 Å². The Balaban J connectivity index is 1.79. The van der Waals surface area contributed by atoms with Gasteiger partial charge in [-0.05, 0) is 56.4 Å². The number of amides is 2. The van der Waals surface area contributed by atoms with Crippen LogP contribution < -0.4 is 5.73 Å². The Morgan fingerprint density at radius 2 is 1.58 bits per heavy atom. The van der Waals surface area contributed by atoms with Crippen LogP contribution in [0.5, 0.6) is 0 Å². The van der Waals surface area contributed by atoms with Crippen molar-refractivity contribution in [3.63, 3.8) is 0 Å². The number of nitrogens with two attached hydrogens (primary N) is 1. The molecule has 3 N–H and O–H groups in total. The molecule has 1 saturated carbocycles. The van der Waals surface area contributed by atoms with Crippen LogP contribution in [0.2, 0.25) is 0 Å². The number of aliphatic hydroxyl groups excluding tert-OH is 1. The maximum Gasteiger partial charge on any atom is 0.254 e. The van der Waals surface area contributed by atoms with Crippen molar-refractivity contribution >= 4 is 11.8 Å². The van der Waals surface area contributed by atoms with E-state index in [0.29, 0.717) is 11.1 Å². The zero-order valence-electron chi connectivity index (χ0n) is 14.0. The molecule has 5 nitrogen and oxygen atoms in total. The van der Waals surface area contributed by atoms with E-state index < -0.39 is 5.91 Å². The molecule has 3 atom stereocenters. The molecule has 0 spiro atoms. The molecule has 130 valence electrons. The van der Waals surface area contributed by atoms with Crippen molar-refractivity contribution in [3.05, 3.63) is 35.4 Å². The van der Waals surface area contributed by atoms with Gasteiger partial charge in [0, 0.05) is 29.6 Å². The second kappa shape index (κ2) is 7.34. The maximum absolute atomic E-state index is 13.0. The fourth-order valence-electron chi connectivity index (χ4n) is 4.19. The third-order valence-corrected chi connectivity index (χ3v) is 5.50. The summed E-state index contributed by atoms with van der Waals surface area (Å²) >= 11 is 0. The predicted molar refractivity (Wildman–Crippen MR) is 91.6 cm³/mol. The van der Waals surface area contributed by atoms with Gasteiger partial charge in [-0.1, -0.05) is 12.8 Å². The number of nitrogens with zero attached hydrogens (tertiary/aromatic N) is 1. The molecule has 2 fully saturated rings. The summed E-state index contributed by atoms with van der Waals surface area (Å²) < 4.78 is 0. The molecule has 1 saturated heterocycles. The van der Waals surface area contributed by atoms with Crippen LogP contribution in [0.4, 0.5) is 0 Å². The zero-order chi connectivity index (χ0) is 17.1. The highest BCUT2D eigenvalue weighted by atomic mass is 16.3. The first-order valence-corrected chi connectivity index (χ1v) is 8.97. The van der Waals surface area contributed by atoms with Gasteiger partial charge in [0.05, 0.1) is 6.10 Å². The summed E-state index contributed by atoms with van der Waals surface area (Å²) in [5.74, 6) is -0.309. The van der Waals surface area contributed by atoms with Crippen molar-refractivity contribution in [1.82, 2.24) is 4.90 Å². The van der Waals surface area contributed by atoms with Gasteiger partial charge in [0.25, 0.3) is 5.91 Å². The molecule has 1 aromatic carbocycles. The second-order valence-electron chi connectivity index (χ2n) is 7.02. The SMILES string of the molecule is NC(=O)c1ccc(C(=O)N2CCCCC2C2CCCCC2O)cc1. The average molecular weight is 330 g/mol. The molecule has 1 aromatic rings. The number of likely N-dealkylation sites (tertiary alicyclic amines) is 1. The molecule has 0 bridgehead atoms. The largest absolute Gasteiger partial charge is 0.393 e. The van der Waals surface area contributed by atoms with Gasteiger partial charge in [0.1, 0.15) is 0 Å². The van der Waals surface area contributed by atoms with Gasteiger partial charge in [0.2, 0.25) is 5.91 Å². The summed E-state index contributed by atoms with van der Waals surface area (Å²) in [5, 5.41) is 10.4. The molecule has 5 heteroatoms. The van der Waals surface area contributed by atoms with E-state index in [-0.39, 0.29) is 24.0 Å². The smallest absolute Gasteiger partial charge is 0.254 e. The summed E-state index contributed by atoms with van der Waals surface area (Å²) in [5.41, 5.74) is 6.24. The molecule has 2 aliphatic rings. The quantitative estimate of drug-likeness (QED) is 0.892. The lowest BCUT2D eigenvalue weighted by molar-refractivity contribution is -0.00128. The summed E-state index contributed by atoms with van der Waals surface area (Å²) in [7, 11) is 0. The molecule has 3 unspecified atom stereocenters. The summed E-state index contributed by atoms with van der Waals surface area (Å²) in [6, 6.07) is 6.67. The minimum Gasteiger partial charge on any atom is -0.393 e. The van der Waals surface area contributed by atoms with Gasteiger partial charge in [-0.2, -0.15) is 0 Å². The van der Waals surface area contributed by atoms with Crippen molar-refractivity contribution < 1.29 is 14.7 Å². The Morgan fingerprint density at radius 3 is 2.25 bits per heavy atom. The number of rotatable bonds is 3. The molecule has 0 radical (unpaired) electrons. The number of carbonyl (C=O) groups excluding carboxylic acids is 2. The van der Waals surface area contributed by atoms with Gasteiger partial charge >= 0.3 is 0 Å². The maximum atomic E-state index is 13.0. The Morgan fingerprint density at radius 1 is 0.958 bits per heavy atom. The van der Waals surface area contributed by atoms with Crippen molar-refractivity contribution in [1.29, 1.82) is 0 Å². The molecule has 1 aliphatic carbocycles. The third-order valence-electron chi connectivity index (χ3n) is 5.50. The van der Waals surface area contributed by atoms with Crippen molar-refractivity contribution in [3.8, 4) is 0 Å². The number of aliphatic hydroxyl groups is 1. The van der Waals surface area contributed by atoms with Gasteiger partial charge < -0.3 is 15.7 Å². The lowest BCUT2D eigenvalue weighted by Crippen LogP contribution is -2.51. The summed E-state index contributed by atoms with van der Waals surface area (Å²) in [6.07, 6.45) is 6.83. The number of primary amides is 1. The summed E-state index contributed by atoms with van der Waals surface area (Å²) in [6.45, 7) is 0.740. The Labute approximate surface area is 142 Å². The van der Waals surface area contributed by atoms with Crippen LogP contribution in [0.3, 0.4) is 0 Å². The highest BCUT2D eigenvalue weighted by Crippen LogP contribution is 2.34. The monoisotopic (exact) mass is 330 g/mol. The van der Waals surface area contributed by atoms with E-state index in [2.05, 4.69) is 0 Å². The first kappa shape index (κ1) is 17.0. The summed E-state index contributed by atoms with van der Waals surface area (Å²) in [4.78, 5) is 26.1. The minimum atomic E-state index is -0.491. The third kappa shape index (κ3) is 3.46. The van der Waals surface area contributed by atoms with E-state index in [9.17, 15) is 14.7 Å². The highest BCUT2D eigenvalue weighted by molar-refractivity contribution is 5.97. The van der Waals surface area contributed by atoms with E-state index >= 15 is 0 Å². The van der Waals surface area contributed by atoms with Gasteiger partial charge in [0.15, 0.2) is 0 Å². The van der Waals surface area contributed by atoms with E-state index in [0.717, 1.165) is 51.5 Å². The standard InChI is InChI=1S/C19H26N2O3/c20-18(23)13-8-10-14(11-9-13)19(24)21-12-4-3-6-16(21)15-5-1-2-7-17(15)22/h8-11,15-17,22H,1-7,12H2,(H2,20,23). The highest BCUT2D eigenvalue weighted by Gasteiger charge is 2.37. The molecule has 2 amide bonds. The fourth-order valence-corrected chi connectivity index (χ4v) is 4.19. The van der Waals surface area contributed by atoms with Crippen molar-refractivity contribution in [2.45, 2.75) is 57.1 Å². The lowest BCUT2D eigenvalue weighted by atomic mass is 9.78. The van der Waals surface area contributed by atoms with Crippen LogP contribution >= 0.6 is 0 Å². The van der Waals surface area contributed by atoms with E-state index in [1.54, 1.807) is 24.3 Å². The molecular formula is C19H26N2O3. The molecule has 1 heterocycles. The van der Waals surface area contributed by atoms with Gasteiger partial charge in [-0.3, -0.25) is 9.59 Å². The van der Waals surface area contributed by atoms with Crippen LogP contribution in [0.25, 0.3) is 0 Å².